The van der Waals surface area contributed by atoms with E-state index in [1.807, 2.05) is 53.2 Å². The normalized spacial score (nSPS) is 11.0. The molecule has 0 aliphatic rings. The van der Waals surface area contributed by atoms with Gasteiger partial charge in [0.1, 0.15) is 0 Å². The molecule has 0 aliphatic heterocycles. The molecule has 2 aromatic carbocycles. The molecule has 5 heteroatoms. The van der Waals surface area contributed by atoms with Crippen molar-refractivity contribution in [1.29, 1.82) is 0 Å². The average Bonchev–Trinajstić information content (AvgIpc) is 3.10. The summed E-state index contributed by atoms with van der Waals surface area (Å²) in [7, 11) is 0. The van der Waals surface area contributed by atoms with Gasteiger partial charge >= 0.3 is 5.97 Å². The van der Waals surface area contributed by atoms with Crippen molar-refractivity contribution in [2.24, 2.45) is 0 Å². The van der Waals surface area contributed by atoms with Crippen LogP contribution in [0.1, 0.15) is 17.5 Å². The first-order chi connectivity index (χ1) is 13.1. The highest BCUT2D eigenvalue weighted by Crippen LogP contribution is 2.25. The number of benzene rings is 2. The predicted molar refractivity (Wildman–Crippen MR) is 105 cm³/mol. The molecule has 0 saturated heterocycles. The van der Waals surface area contributed by atoms with Gasteiger partial charge in [0, 0.05) is 23.7 Å². The molecule has 27 heavy (non-hydrogen) atoms. The third-order valence-electron chi connectivity index (χ3n) is 4.69. The maximum Gasteiger partial charge on any atom is 0.303 e. The van der Waals surface area contributed by atoms with Gasteiger partial charge in [0.2, 0.25) is 0 Å². The molecule has 0 atom stereocenters. The number of aryl methyl sites for hydroxylation is 2. The highest BCUT2D eigenvalue weighted by atomic mass is 16.4. The van der Waals surface area contributed by atoms with Crippen LogP contribution in [0.3, 0.4) is 0 Å². The lowest BCUT2D eigenvalue weighted by Gasteiger charge is -2.08. The van der Waals surface area contributed by atoms with Gasteiger partial charge in [-0.15, -0.1) is 0 Å². The van der Waals surface area contributed by atoms with Crippen LogP contribution >= 0.6 is 0 Å². The number of imidazole rings is 1. The number of aliphatic carboxylic acids is 1. The summed E-state index contributed by atoms with van der Waals surface area (Å²) in [4.78, 5) is 19.7. The van der Waals surface area contributed by atoms with Gasteiger partial charge in [-0.1, -0.05) is 48.5 Å². The first-order valence-corrected chi connectivity index (χ1v) is 8.82. The van der Waals surface area contributed by atoms with Crippen LogP contribution in [-0.4, -0.2) is 25.4 Å². The van der Waals surface area contributed by atoms with Gasteiger partial charge in [-0.3, -0.25) is 14.2 Å². The van der Waals surface area contributed by atoms with Crippen molar-refractivity contribution in [2.75, 3.05) is 0 Å². The number of hydrogen-bond donors (Lipinski definition) is 1. The summed E-state index contributed by atoms with van der Waals surface area (Å²) in [6, 6.07) is 16.1. The molecule has 0 fully saturated rings. The van der Waals surface area contributed by atoms with Crippen molar-refractivity contribution in [3.8, 4) is 22.5 Å². The van der Waals surface area contributed by atoms with Crippen LogP contribution in [0.15, 0.2) is 67.1 Å². The molecule has 1 N–H and O–H groups in total. The van der Waals surface area contributed by atoms with Crippen molar-refractivity contribution >= 4 is 11.6 Å². The zero-order chi connectivity index (χ0) is 18.8. The third-order valence-corrected chi connectivity index (χ3v) is 4.69. The minimum atomic E-state index is -0.780. The zero-order valence-electron chi connectivity index (χ0n) is 15.0. The van der Waals surface area contributed by atoms with Crippen LogP contribution in [0.4, 0.5) is 0 Å². The Balaban J connectivity index is 1.71. The smallest absolute Gasteiger partial charge is 0.303 e. The summed E-state index contributed by atoms with van der Waals surface area (Å²) in [6.07, 6.45) is 6.31. The summed E-state index contributed by atoms with van der Waals surface area (Å²) < 4.78 is 2.04. The van der Waals surface area contributed by atoms with Crippen molar-refractivity contribution in [3.63, 3.8) is 0 Å². The highest BCUT2D eigenvalue weighted by molar-refractivity contribution is 5.69. The van der Waals surface area contributed by atoms with E-state index >= 15 is 0 Å². The second-order valence-electron chi connectivity index (χ2n) is 6.55. The average molecular weight is 357 g/mol. The monoisotopic (exact) mass is 357 g/mol. The van der Waals surface area contributed by atoms with Crippen LogP contribution in [0.2, 0.25) is 0 Å². The minimum Gasteiger partial charge on any atom is -0.481 e. The summed E-state index contributed by atoms with van der Waals surface area (Å²) in [6.45, 7) is 2.08. The van der Waals surface area contributed by atoms with Crippen LogP contribution in [-0.2, 0) is 11.2 Å². The second kappa shape index (κ2) is 7.03. The number of aromatic nitrogens is 3. The number of rotatable bonds is 5. The van der Waals surface area contributed by atoms with Gasteiger partial charge in [-0.25, -0.2) is 4.98 Å². The number of fused-ring (bicyclic) bond motifs is 1. The van der Waals surface area contributed by atoms with Crippen LogP contribution in [0.5, 0.6) is 0 Å². The summed E-state index contributed by atoms with van der Waals surface area (Å²) in [5.41, 5.74) is 6.99. The highest BCUT2D eigenvalue weighted by Gasteiger charge is 2.10. The Kier molecular flexibility index (Phi) is 4.42. The molecule has 2 aromatic heterocycles. The molecule has 134 valence electrons. The van der Waals surface area contributed by atoms with Gasteiger partial charge in [0.05, 0.1) is 23.8 Å². The van der Waals surface area contributed by atoms with Crippen LogP contribution in [0, 0.1) is 6.92 Å². The molecule has 5 nitrogen and oxygen atoms in total. The number of carbonyl (C=O) groups is 1. The first kappa shape index (κ1) is 17.0. The molecule has 0 saturated carbocycles. The predicted octanol–water partition coefficient (Wildman–Crippen LogP) is 4.39. The third kappa shape index (κ3) is 3.44. The Bertz CT molecular complexity index is 1110. The van der Waals surface area contributed by atoms with Crippen molar-refractivity contribution in [3.05, 3.63) is 78.2 Å². The maximum atomic E-state index is 10.7. The van der Waals surface area contributed by atoms with E-state index in [0.717, 1.165) is 33.7 Å². The lowest BCUT2D eigenvalue weighted by molar-refractivity contribution is -0.136. The van der Waals surface area contributed by atoms with Gasteiger partial charge in [-0.2, -0.15) is 0 Å². The number of nitrogens with zero attached hydrogens (tertiary/aromatic N) is 3. The van der Waals surface area contributed by atoms with Gasteiger partial charge in [0.15, 0.2) is 5.65 Å². The van der Waals surface area contributed by atoms with Crippen molar-refractivity contribution in [2.45, 2.75) is 19.8 Å². The Morgan fingerprint density at radius 2 is 1.81 bits per heavy atom. The van der Waals surface area contributed by atoms with Crippen LogP contribution < -0.4 is 0 Å². The number of carboxylic acids is 1. The van der Waals surface area contributed by atoms with E-state index in [1.165, 1.54) is 5.56 Å². The van der Waals surface area contributed by atoms with E-state index in [9.17, 15) is 4.79 Å². The molecule has 0 radical (unpaired) electrons. The Labute approximate surface area is 157 Å². The fraction of sp³-hybridized carbons (Fsp3) is 0.136. The molecule has 0 bridgehead atoms. The Hall–Kier alpha value is -3.47. The fourth-order valence-corrected chi connectivity index (χ4v) is 3.20. The molecule has 0 aliphatic carbocycles. The summed E-state index contributed by atoms with van der Waals surface area (Å²) >= 11 is 0. The molecule has 0 spiro atoms. The number of carboxylic acid groups (broad SMARTS) is 1. The van der Waals surface area contributed by atoms with E-state index in [4.69, 9.17) is 5.11 Å². The first-order valence-electron chi connectivity index (χ1n) is 8.82. The van der Waals surface area contributed by atoms with Gasteiger partial charge < -0.3 is 5.11 Å². The largest absolute Gasteiger partial charge is 0.481 e. The van der Waals surface area contributed by atoms with E-state index in [0.29, 0.717) is 6.42 Å². The molecular formula is C22H19N3O2. The Morgan fingerprint density at radius 3 is 2.56 bits per heavy atom. The van der Waals surface area contributed by atoms with Crippen LogP contribution in [0.25, 0.3) is 28.2 Å². The van der Waals surface area contributed by atoms with Crippen molar-refractivity contribution in [1.82, 2.24) is 14.4 Å². The standard InChI is InChI=1S/C22H19N3O2/c1-15-4-2-3-5-18(15)19-14-25-20(12-24-21(25)13-23-19)17-9-6-16(7-10-17)8-11-22(26)27/h2-7,9-10,12-14H,8,11H2,1H3,(H,26,27). The molecule has 0 unspecified atom stereocenters. The Morgan fingerprint density at radius 1 is 1.04 bits per heavy atom. The maximum absolute atomic E-state index is 10.7. The topological polar surface area (TPSA) is 67.5 Å². The molecule has 2 heterocycles. The SMILES string of the molecule is Cc1ccccc1-c1cn2c(-c3ccc(CCC(=O)O)cc3)cnc2cn1. The second-order valence-corrected chi connectivity index (χ2v) is 6.55. The lowest BCUT2D eigenvalue weighted by Crippen LogP contribution is -1.97. The molecule has 4 rings (SSSR count). The van der Waals surface area contributed by atoms with Gasteiger partial charge in [-0.05, 0) is 24.5 Å². The summed E-state index contributed by atoms with van der Waals surface area (Å²) in [5, 5.41) is 8.82. The fourth-order valence-electron chi connectivity index (χ4n) is 3.20. The number of hydrogen-bond acceptors (Lipinski definition) is 3. The molecule has 0 amide bonds. The minimum absolute atomic E-state index is 0.139. The summed E-state index contributed by atoms with van der Waals surface area (Å²) in [5.74, 6) is -0.780. The molecular weight excluding hydrogens is 338 g/mol. The van der Waals surface area contributed by atoms with E-state index in [-0.39, 0.29) is 6.42 Å². The van der Waals surface area contributed by atoms with Crippen molar-refractivity contribution < 1.29 is 9.90 Å². The lowest BCUT2D eigenvalue weighted by atomic mass is 10.1. The zero-order valence-corrected chi connectivity index (χ0v) is 15.0. The quantitative estimate of drug-likeness (QED) is 0.575. The van der Waals surface area contributed by atoms with E-state index in [1.54, 1.807) is 6.20 Å². The molecule has 4 aromatic rings. The van der Waals surface area contributed by atoms with Gasteiger partial charge in [0.25, 0.3) is 0 Å². The van der Waals surface area contributed by atoms with E-state index < -0.39 is 5.97 Å². The van der Waals surface area contributed by atoms with E-state index in [2.05, 4.69) is 29.0 Å².